The summed E-state index contributed by atoms with van der Waals surface area (Å²) in [4.78, 5) is 4.64. The van der Waals surface area contributed by atoms with E-state index < -0.39 is 6.75 Å². The molecule has 4 aliphatic heterocycles. The lowest BCUT2D eigenvalue weighted by molar-refractivity contribution is -0.116. The molecule has 5 rings (SSSR count). The van der Waals surface area contributed by atoms with E-state index >= 15 is 0 Å². The average molecular weight is 256 g/mol. The zero-order chi connectivity index (χ0) is 12.9. The minimum absolute atomic E-state index is 0.0135. The van der Waals surface area contributed by atoms with Gasteiger partial charge in [-0.3, -0.25) is 0 Å². The first-order valence-electron chi connectivity index (χ1n) is 6.61. The molecule has 0 atom stereocenters. The van der Waals surface area contributed by atoms with Gasteiger partial charge in [-0.25, -0.2) is 0 Å². The molecule has 1 aromatic rings. The summed E-state index contributed by atoms with van der Waals surface area (Å²) in [5.74, 6) is 0. The molecule has 1 aromatic carbocycles. The van der Waals surface area contributed by atoms with Gasteiger partial charge >= 0.3 is 6.75 Å². The summed E-state index contributed by atoms with van der Waals surface area (Å²) in [6.07, 6.45) is 3.98. The lowest BCUT2D eigenvalue weighted by atomic mass is 9.65. The van der Waals surface area contributed by atoms with E-state index in [4.69, 9.17) is 14.0 Å². The number of fused-ring (bicyclic) bond motifs is 4. The van der Waals surface area contributed by atoms with Crippen molar-refractivity contribution in [2.24, 2.45) is 5.41 Å². The Kier molecular flexibility index (Phi) is 2.27. The number of nitrogens with zero attached hydrogens (tertiary/aromatic N) is 1. The summed E-state index contributed by atoms with van der Waals surface area (Å²) >= 11 is 0. The van der Waals surface area contributed by atoms with E-state index in [0.29, 0.717) is 19.8 Å². The molecule has 0 spiro atoms. The van der Waals surface area contributed by atoms with Gasteiger partial charge in [-0.15, -0.1) is 0 Å². The first kappa shape index (κ1) is 11.4. The maximum Gasteiger partial charge on any atom is 0.482 e. The van der Waals surface area contributed by atoms with E-state index in [1.54, 1.807) is 0 Å². The number of benzene rings is 1. The first-order chi connectivity index (χ1) is 9.19. The highest BCUT2D eigenvalue weighted by Gasteiger charge is 2.53. The fourth-order valence-electron chi connectivity index (χ4n) is 2.74. The molecule has 0 N–H and O–H groups in total. The fourth-order valence-corrected chi connectivity index (χ4v) is 2.74. The average Bonchev–Trinajstić information content (AvgIpc) is 2.48. The lowest BCUT2D eigenvalue weighted by Gasteiger charge is -2.55. The SMILES string of the molecule is CC12CO[B-](C3=[N+]c4ccccc4C=C3)(OC1)OC2. The van der Waals surface area contributed by atoms with Crippen LogP contribution in [0.1, 0.15) is 12.5 Å². The van der Waals surface area contributed by atoms with Crippen LogP contribution in [0.25, 0.3) is 6.08 Å². The van der Waals surface area contributed by atoms with Crippen molar-refractivity contribution in [2.45, 2.75) is 6.92 Å². The Hall–Kier alpha value is -1.43. The van der Waals surface area contributed by atoms with E-state index in [-0.39, 0.29) is 5.41 Å². The van der Waals surface area contributed by atoms with Crippen molar-refractivity contribution in [3.8, 4) is 0 Å². The summed E-state index contributed by atoms with van der Waals surface area (Å²) in [5, 5.41) is 0. The summed E-state index contributed by atoms with van der Waals surface area (Å²) < 4.78 is 17.6. The van der Waals surface area contributed by atoms with Crippen molar-refractivity contribution in [1.29, 1.82) is 0 Å². The Labute approximate surface area is 112 Å². The second-order valence-corrected chi connectivity index (χ2v) is 5.81. The van der Waals surface area contributed by atoms with Gasteiger partial charge in [0.1, 0.15) is 0 Å². The molecular formula is C14H15BNO3. The van der Waals surface area contributed by atoms with Crippen LogP contribution in [-0.2, 0) is 14.0 Å². The monoisotopic (exact) mass is 256 g/mol. The van der Waals surface area contributed by atoms with Crippen LogP contribution in [-0.4, -0.2) is 32.2 Å². The van der Waals surface area contributed by atoms with Crippen molar-refractivity contribution < 1.29 is 14.0 Å². The third kappa shape index (κ3) is 1.70. The highest BCUT2D eigenvalue weighted by atomic mass is 16.8. The van der Waals surface area contributed by atoms with Gasteiger partial charge < -0.3 is 14.0 Å². The van der Waals surface area contributed by atoms with E-state index in [9.17, 15) is 0 Å². The molecule has 4 aliphatic rings. The molecule has 0 saturated carbocycles. The first-order valence-corrected chi connectivity index (χ1v) is 6.61. The molecule has 3 fully saturated rings. The Bertz CT molecular complexity index is 572. The predicted octanol–water partition coefficient (Wildman–Crippen LogP) is 1.68. The highest BCUT2D eigenvalue weighted by Crippen LogP contribution is 2.36. The smallest absolute Gasteiger partial charge is 0.482 e. The normalized spacial score (nSPS) is 35.9. The molecule has 4 heterocycles. The number of para-hydroxylation sites is 1. The zero-order valence-corrected chi connectivity index (χ0v) is 10.8. The molecule has 0 unspecified atom stereocenters. The van der Waals surface area contributed by atoms with Crippen LogP contribution in [0.5, 0.6) is 0 Å². The second-order valence-electron chi connectivity index (χ2n) is 5.81. The van der Waals surface area contributed by atoms with Gasteiger partial charge in [0, 0.05) is 36.3 Å². The molecule has 4 nitrogen and oxygen atoms in total. The Morgan fingerprint density at radius 2 is 1.74 bits per heavy atom. The van der Waals surface area contributed by atoms with Gasteiger partial charge in [-0.05, 0) is 18.2 Å². The highest BCUT2D eigenvalue weighted by molar-refractivity contribution is 6.95. The van der Waals surface area contributed by atoms with Crippen molar-refractivity contribution in [3.63, 3.8) is 0 Å². The maximum absolute atomic E-state index is 5.86. The van der Waals surface area contributed by atoms with E-state index in [1.165, 1.54) is 0 Å². The molecule has 2 bridgehead atoms. The Balaban J connectivity index is 1.72. The van der Waals surface area contributed by atoms with Crippen LogP contribution in [0.2, 0.25) is 0 Å². The standard InChI is InChI=1S/C14H15BNO3/c1-14-8-17-15(18-9-14,19-10-14)13-7-6-11-4-2-3-5-12(11)16-13/h2-7H,8-10H2,1H3. The number of aliphatic imine (C=N–C) groups is 1. The van der Waals surface area contributed by atoms with Crippen molar-refractivity contribution in [3.05, 3.63) is 35.9 Å². The molecule has 1 radical (unpaired) electrons. The van der Waals surface area contributed by atoms with Crippen LogP contribution in [0.3, 0.4) is 0 Å². The van der Waals surface area contributed by atoms with Gasteiger partial charge in [0.25, 0.3) is 5.69 Å². The number of hydrogen-bond acceptors (Lipinski definition) is 4. The van der Waals surface area contributed by atoms with E-state index in [0.717, 1.165) is 16.9 Å². The minimum atomic E-state index is -1.84. The topological polar surface area (TPSA) is 41.8 Å². The molecule has 0 aliphatic carbocycles. The third-order valence-corrected chi connectivity index (χ3v) is 3.94. The van der Waals surface area contributed by atoms with E-state index in [1.807, 2.05) is 36.4 Å². The van der Waals surface area contributed by atoms with Crippen LogP contribution in [0, 0.1) is 5.41 Å². The molecule has 5 heteroatoms. The molecular weight excluding hydrogens is 241 g/mol. The van der Waals surface area contributed by atoms with E-state index in [2.05, 4.69) is 11.9 Å². The second kappa shape index (κ2) is 3.79. The van der Waals surface area contributed by atoms with Crippen molar-refractivity contribution in [2.75, 3.05) is 19.8 Å². The van der Waals surface area contributed by atoms with Crippen LogP contribution >= 0.6 is 0 Å². The molecule has 19 heavy (non-hydrogen) atoms. The third-order valence-electron chi connectivity index (χ3n) is 3.94. The van der Waals surface area contributed by atoms with Gasteiger partial charge in [-0.1, -0.05) is 19.1 Å². The van der Waals surface area contributed by atoms with Crippen LogP contribution in [0.4, 0.5) is 5.69 Å². The van der Waals surface area contributed by atoms with Gasteiger partial charge in [0.15, 0.2) is 5.61 Å². The van der Waals surface area contributed by atoms with Crippen molar-refractivity contribution in [1.82, 2.24) is 4.99 Å². The minimum Gasteiger partial charge on any atom is -0.536 e. The molecule has 0 aromatic heterocycles. The molecule has 0 amide bonds. The summed E-state index contributed by atoms with van der Waals surface area (Å²) in [7, 11) is 0. The fraction of sp³-hybridized carbons (Fsp3) is 0.357. The Morgan fingerprint density at radius 1 is 1.05 bits per heavy atom. The maximum atomic E-state index is 5.86. The predicted molar refractivity (Wildman–Crippen MR) is 74.0 cm³/mol. The molecule has 3 saturated heterocycles. The lowest BCUT2D eigenvalue weighted by Crippen LogP contribution is -2.67. The Morgan fingerprint density at radius 3 is 2.47 bits per heavy atom. The number of hydrogen-bond donors (Lipinski definition) is 0. The summed E-state index contributed by atoms with van der Waals surface area (Å²) in [6, 6.07) is 8.01. The van der Waals surface area contributed by atoms with Gasteiger partial charge in [0.05, 0.1) is 5.56 Å². The van der Waals surface area contributed by atoms with Gasteiger partial charge in [0.2, 0.25) is 0 Å². The quantitative estimate of drug-likeness (QED) is 0.718. The molecule has 97 valence electrons. The summed E-state index contributed by atoms with van der Waals surface area (Å²) in [5.41, 5.74) is 2.78. The zero-order valence-electron chi connectivity index (χ0n) is 10.8. The summed E-state index contributed by atoms with van der Waals surface area (Å²) in [6.45, 7) is 2.27. The number of rotatable bonds is 1. The largest absolute Gasteiger partial charge is 0.536 e. The van der Waals surface area contributed by atoms with Crippen LogP contribution in [0.15, 0.2) is 30.3 Å². The number of allylic oxidation sites excluding steroid dienone is 1. The van der Waals surface area contributed by atoms with Crippen LogP contribution < -0.4 is 4.99 Å². The van der Waals surface area contributed by atoms with Crippen molar-refractivity contribution >= 4 is 24.1 Å². The van der Waals surface area contributed by atoms with Gasteiger partial charge in [-0.2, -0.15) is 0 Å².